The predicted octanol–water partition coefficient (Wildman–Crippen LogP) is 3.60. The van der Waals surface area contributed by atoms with Crippen LogP contribution in [0, 0.1) is 0 Å². The second-order valence-electron chi connectivity index (χ2n) is 6.09. The lowest BCUT2D eigenvalue weighted by Crippen LogP contribution is -2.17. The molecule has 2 aliphatic rings. The summed E-state index contributed by atoms with van der Waals surface area (Å²) in [4.78, 5) is 0. The van der Waals surface area contributed by atoms with E-state index in [-0.39, 0.29) is 6.10 Å². The molecule has 0 bridgehead atoms. The van der Waals surface area contributed by atoms with Gasteiger partial charge in [-0.2, -0.15) is 0 Å². The number of aliphatic hydroxyl groups excluding tert-OH is 1. The van der Waals surface area contributed by atoms with Gasteiger partial charge in [0.2, 0.25) is 0 Å². The highest BCUT2D eigenvalue weighted by atomic mass is 16.5. The third kappa shape index (κ3) is 3.18. The molecule has 104 valence electrons. The Morgan fingerprint density at radius 3 is 2.05 bits per heavy atom. The first-order valence-corrected chi connectivity index (χ1v) is 7.68. The third-order valence-electron chi connectivity index (χ3n) is 4.74. The fraction of sp³-hybridized carbons (Fsp3) is 0.647. The van der Waals surface area contributed by atoms with Gasteiger partial charge in [0, 0.05) is 12.5 Å². The van der Waals surface area contributed by atoms with E-state index in [1.807, 2.05) is 0 Å². The average molecular weight is 260 g/mol. The molecule has 1 N–H and O–H groups in total. The Balaban J connectivity index is 1.65. The zero-order valence-corrected chi connectivity index (χ0v) is 11.6. The van der Waals surface area contributed by atoms with E-state index in [0.29, 0.717) is 11.8 Å². The molecule has 0 radical (unpaired) electrons. The molecule has 1 heterocycles. The van der Waals surface area contributed by atoms with Crippen LogP contribution in [0.3, 0.4) is 0 Å². The molecule has 0 amide bonds. The van der Waals surface area contributed by atoms with Gasteiger partial charge >= 0.3 is 0 Å². The van der Waals surface area contributed by atoms with E-state index >= 15 is 0 Å². The molecule has 0 aromatic heterocycles. The van der Waals surface area contributed by atoms with Crippen LogP contribution in [-0.4, -0.2) is 24.4 Å². The minimum atomic E-state index is -0.0603. The van der Waals surface area contributed by atoms with Gasteiger partial charge in [0.25, 0.3) is 0 Å². The van der Waals surface area contributed by atoms with E-state index in [9.17, 15) is 5.11 Å². The van der Waals surface area contributed by atoms with Crippen LogP contribution in [-0.2, 0) is 4.74 Å². The van der Waals surface area contributed by atoms with Crippen LogP contribution >= 0.6 is 0 Å². The monoisotopic (exact) mass is 260 g/mol. The van der Waals surface area contributed by atoms with Crippen molar-refractivity contribution in [3.8, 4) is 0 Å². The smallest absolute Gasteiger partial charge is 0.0540 e. The van der Waals surface area contributed by atoms with Gasteiger partial charge < -0.3 is 9.84 Å². The van der Waals surface area contributed by atoms with Crippen LogP contribution in [0.1, 0.15) is 61.5 Å². The summed E-state index contributed by atoms with van der Waals surface area (Å²) < 4.78 is 5.57. The molecule has 2 nitrogen and oxygen atoms in total. The Hall–Kier alpha value is -0.860. The number of rotatable bonds is 2. The fourth-order valence-corrected chi connectivity index (χ4v) is 3.45. The summed E-state index contributed by atoms with van der Waals surface area (Å²) in [6.07, 6.45) is 6.57. The van der Waals surface area contributed by atoms with Gasteiger partial charge in [0.15, 0.2) is 0 Å². The predicted molar refractivity (Wildman–Crippen MR) is 76.5 cm³/mol. The highest BCUT2D eigenvalue weighted by molar-refractivity contribution is 5.28. The average Bonchev–Trinajstić information content (AvgIpc) is 2.49. The van der Waals surface area contributed by atoms with E-state index in [2.05, 4.69) is 24.3 Å². The summed E-state index contributed by atoms with van der Waals surface area (Å²) in [7, 11) is 0. The largest absolute Gasteiger partial charge is 0.393 e. The zero-order chi connectivity index (χ0) is 13.1. The number of ether oxygens (including phenoxy) is 1. The molecule has 0 spiro atoms. The second kappa shape index (κ2) is 6.06. The third-order valence-corrected chi connectivity index (χ3v) is 4.74. The minimum Gasteiger partial charge on any atom is -0.393 e. The van der Waals surface area contributed by atoms with Gasteiger partial charge in [-0.15, -0.1) is 0 Å². The van der Waals surface area contributed by atoms with Crippen molar-refractivity contribution in [2.24, 2.45) is 0 Å². The van der Waals surface area contributed by atoms with Crippen molar-refractivity contribution in [1.82, 2.24) is 0 Å². The van der Waals surface area contributed by atoms with E-state index in [1.54, 1.807) is 0 Å². The summed E-state index contributed by atoms with van der Waals surface area (Å²) in [6.45, 7) is 1.81. The van der Waals surface area contributed by atoms with Crippen molar-refractivity contribution in [1.29, 1.82) is 0 Å². The molecule has 1 aliphatic heterocycles. The van der Waals surface area contributed by atoms with Crippen LogP contribution in [0.5, 0.6) is 0 Å². The van der Waals surface area contributed by atoms with Crippen LogP contribution in [0.2, 0.25) is 0 Å². The topological polar surface area (TPSA) is 29.5 Å². The second-order valence-corrected chi connectivity index (χ2v) is 6.09. The summed E-state index contributed by atoms with van der Waals surface area (Å²) in [6, 6.07) is 9.18. The first-order chi connectivity index (χ1) is 9.33. The quantitative estimate of drug-likeness (QED) is 0.880. The van der Waals surface area contributed by atoms with Crippen LogP contribution in [0.15, 0.2) is 24.3 Å². The summed E-state index contributed by atoms with van der Waals surface area (Å²) in [5.41, 5.74) is 2.88. The van der Waals surface area contributed by atoms with Crippen molar-refractivity contribution in [2.75, 3.05) is 13.2 Å². The molecule has 1 aromatic rings. The van der Waals surface area contributed by atoms with Crippen LogP contribution < -0.4 is 0 Å². The van der Waals surface area contributed by atoms with Crippen molar-refractivity contribution in [3.05, 3.63) is 35.4 Å². The van der Waals surface area contributed by atoms with E-state index in [1.165, 1.54) is 24.0 Å². The van der Waals surface area contributed by atoms with Crippen molar-refractivity contribution < 1.29 is 9.84 Å². The number of aliphatic hydroxyl groups is 1. The molecule has 1 saturated carbocycles. The number of hydrogen-bond donors (Lipinski definition) is 1. The van der Waals surface area contributed by atoms with E-state index in [0.717, 1.165) is 38.9 Å². The molecular formula is C17H24O2. The number of hydrogen-bond acceptors (Lipinski definition) is 2. The summed E-state index contributed by atoms with van der Waals surface area (Å²) >= 11 is 0. The Labute approximate surface area is 115 Å². The van der Waals surface area contributed by atoms with Crippen molar-refractivity contribution in [2.45, 2.75) is 56.5 Å². The fourth-order valence-electron chi connectivity index (χ4n) is 3.45. The van der Waals surface area contributed by atoms with Crippen LogP contribution in [0.25, 0.3) is 0 Å². The van der Waals surface area contributed by atoms with Gasteiger partial charge in [-0.3, -0.25) is 0 Å². The molecule has 1 unspecified atom stereocenters. The highest BCUT2D eigenvalue weighted by Gasteiger charge is 2.21. The molecular weight excluding hydrogens is 236 g/mol. The van der Waals surface area contributed by atoms with E-state index < -0.39 is 0 Å². The molecule has 2 heteroatoms. The van der Waals surface area contributed by atoms with Gasteiger partial charge in [0.1, 0.15) is 0 Å². The van der Waals surface area contributed by atoms with Gasteiger partial charge in [0.05, 0.1) is 12.7 Å². The molecule has 2 fully saturated rings. The Kier molecular flexibility index (Phi) is 4.19. The Morgan fingerprint density at radius 1 is 0.842 bits per heavy atom. The maximum atomic E-state index is 9.57. The number of benzene rings is 1. The zero-order valence-electron chi connectivity index (χ0n) is 11.6. The molecule has 3 rings (SSSR count). The van der Waals surface area contributed by atoms with Gasteiger partial charge in [-0.25, -0.2) is 0 Å². The Bertz CT molecular complexity index is 384. The maximum absolute atomic E-state index is 9.57. The molecule has 1 saturated heterocycles. The standard InChI is InChI=1S/C17H24O2/c18-17-9-7-14(8-10-17)13-3-5-15(6-4-13)16-2-1-11-19-12-16/h3-6,14,16-18H,1-2,7-12H2. The maximum Gasteiger partial charge on any atom is 0.0540 e. The van der Waals surface area contributed by atoms with E-state index in [4.69, 9.17) is 4.74 Å². The summed E-state index contributed by atoms with van der Waals surface area (Å²) in [5.74, 6) is 1.25. The SMILES string of the molecule is OC1CCC(c2ccc(C3CCCOC3)cc2)CC1. The van der Waals surface area contributed by atoms with Crippen molar-refractivity contribution >= 4 is 0 Å². The molecule has 19 heavy (non-hydrogen) atoms. The Morgan fingerprint density at radius 2 is 1.47 bits per heavy atom. The first-order valence-electron chi connectivity index (χ1n) is 7.68. The van der Waals surface area contributed by atoms with Gasteiger partial charge in [-0.05, 0) is 55.6 Å². The lowest BCUT2D eigenvalue weighted by molar-refractivity contribution is 0.0804. The first kappa shape index (κ1) is 13.1. The normalized spacial score (nSPS) is 32.2. The minimum absolute atomic E-state index is 0.0603. The summed E-state index contributed by atoms with van der Waals surface area (Å²) in [5, 5.41) is 9.57. The highest BCUT2D eigenvalue weighted by Crippen LogP contribution is 2.34. The lowest BCUT2D eigenvalue weighted by Gasteiger charge is -2.26. The molecule has 1 atom stereocenters. The lowest BCUT2D eigenvalue weighted by atomic mass is 9.82. The molecule has 1 aliphatic carbocycles. The van der Waals surface area contributed by atoms with Crippen LogP contribution in [0.4, 0.5) is 0 Å². The van der Waals surface area contributed by atoms with Gasteiger partial charge in [-0.1, -0.05) is 24.3 Å². The molecule has 1 aromatic carbocycles. The van der Waals surface area contributed by atoms with Crippen molar-refractivity contribution in [3.63, 3.8) is 0 Å².